The fourth-order valence-corrected chi connectivity index (χ4v) is 6.71. The Labute approximate surface area is 172 Å². The summed E-state index contributed by atoms with van der Waals surface area (Å²) >= 11 is 0.729. The van der Waals surface area contributed by atoms with Gasteiger partial charge in [0.25, 0.3) is 5.91 Å². The van der Waals surface area contributed by atoms with E-state index in [4.69, 9.17) is 10.00 Å². The van der Waals surface area contributed by atoms with Crippen molar-refractivity contribution in [3.63, 3.8) is 0 Å². The second-order valence-electron chi connectivity index (χ2n) is 8.57. The molecule has 1 amide bonds. The van der Waals surface area contributed by atoms with Gasteiger partial charge in [0.05, 0.1) is 17.4 Å². The number of nitriles is 1. The van der Waals surface area contributed by atoms with Crippen LogP contribution in [0.15, 0.2) is 12.1 Å². The summed E-state index contributed by atoms with van der Waals surface area (Å²) in [6.45, 7) is -0.0543. The lowest BCUT2D eigenvalue weighted by atomic mass is 9.52. The molecule has 0 aromatic carbocycles. The lowest BCUT2D eigenvalue weighted by Gasteiger charge is -2.60. The van der Waals surface area contributed by atoms with Crippen LogP contribution in [0.5, 0.6) is 0 Å². The molecule has 4 aliphatic rings. The number of ether oxygens (including phenoxy) is 1. The summed E-state index contributed by atoms with van der Waals surface area (Å²) in [5, 5.41) is 19.7. The summed E-state index contributed by atoms with van der Waals surface area (Å²) < 4.78 is 5.18. The first-order valence-electron chi connectivity index (χ1n) is 9.99. The molecule has 4 fully saturated rings. The number of rotatable bonds is 7. The zero-order chi connectivity index (χ0) is 20.6. The maximum atomic E-state index is 13.0. The fraction of sp³-hybridized carbons (Fsp3) is 0.650. The van der Waals surface area contributed by atoms with Crippen LogP contribution in [0.25, 0.3) is 0 Å². The van der Waals surface area contributed by atoms with E-state index in [0.29, 0.717) is 24.3 Å². The van der Waals surface area contributed by atoms with Crippen molar-refractivity contribution in [2.45, 2.75) is 50.5 Å². The van der Waals surface area contributed by atoms with Crippen LogP contribution in [0.4, 0.5) is 5.00 Å². The van der Waals surface area contributed by atoms with E-state index in [1.807, 2.05) is 4.90 Å². The van der Waals surface area contributed by atoms with Gasteiger partial charge in [0.15, 0.2) is 6.61 Å². The van der Waals surface area contributed by atoms with Gasteiger partial charge < -0.3 is 9.64 Å². The number of thiophene rings is 1. The molecule has 1 aromatic rings. The molecule has 0 radical (unpaired) electrons. The minimum absolute atomic E-state index is 0.0999. The summed E-state index contributed by atoms with van der Waals surface area (Å²) in [5.74, 6) is 0.928. The Hall–Kier alpha value is -2.47. The Balaban J connectivity index is 1.44. The molecule has 0 atom stereocenters. The third-order valence-corrected chi connectivity index (χ3v) is 7.64. The van der Waals surface area contributed by atoms with E-state index >= 15 is 0 Å². The summed E-state index contributed by atoms with van der Waals surface area (Å²) in [6.07, 6.45) is 6.89. The van der Waals surface area contributed by atoms with Gasteiger partial charge in [0, 0.05) is 18.2 Å². The molecule has 1 aromatic heterocycles. The summed E-state index contributed by atoms with van der Waals surface area (Å²) in [4.78, 5) is 37.4. The van der Waals surface area contributed by atoms with Crippen LogP contribution in [0.2, 0.25) is 0 Å². The molecule has 4 bridgehead atoms. The van der Waals surface area contributed by atoms with Gasteiger partial charge in [-0.1, -0.05) is 11.3 Å². The quantitative estimate of drug-likeness (QED) is 0.381. The number of hydrogen-bond donors (Lipinski definition) is 0. The van der Waals surface area contributed by atoms with Crippen molar-refractivity contribution >= 4 is 28.2 Å². The topological polar surface area (TPSA) is 114 Å². The Morgan fingerprint density at radius 1 is 1.24 bits per heavy atom. The first-order valence-corrected chi connectivity index (χ1v) is 10.8. The van der Waals surface area contributed by atoms with Gasteiger partial charge in [-0.3, -0.25) is 14.9 Å². The molecule has 0 aliphatic heterocycles. The highest BCUT2D eigenvalue weighted by atomic mass is 32.1. The second-order valence-corrected chi connectivity index (χ2v) is 9.63. The first-order chi connectivity index (χ1) is 13.9. The number of nitro groups is 1. The van der Waals surface area contributed by atoms with E-state index in [1.54, 1.807) is 0 Å². The normalized spacial score (nSPS) is 29.3. The molecule has 0 saturated heterocycles. The molecule has 8 nitrogen and oxygen atoms in total. The summed E-state index contributed by atoms with van der Waals surface area (Å²) in [5.41, 5.74) is -0.211. The minimum Gasteiger partial charge on any atom is -0.451 e. The van der Waals surface area contributed by atoms with E-state index in [0.717, 1.165) is 30.6 Å². The van der Waals surface area contributed by atoms with Gasteiger partial charge in [0.2, 0.25) is 0 Å². The number of hydrogen-bond acceptors (Lipinski definition) is 7. The zero-order valence-electron chi connectivity index (χ0n) is 16.0. The van der Waals surface area contributed by atoms with E-state index in [9.17, 15) is 19.7 Å². The molecule has 9 heteroatoms. The highest BCUT2D eigenvalue weighted by Crippen LogP contribution is 2.57. The molecule has 0 unspecified atom stereocenters. The molecule has 4 saturated carbocycles. The molecular formula is C20H23N3O5S. The maximum absolute atomic E-state index is 13.0. The van der Waals surface area contributed by atoms with E-state index in [-0.39, 0.29) is 27.7 Å². The molecule has 5 rings (SSSR count). The van der Waals surface area contributed by atoms with Crippen LogP contribution in [-0.2, 0) is 9.53 Å². The number of carbonyl (C=O) groups is 2. The monoisotopic (exact) mass is 417 g/mol. The van der Waals surface area contributed by atoms with Crippen LogP contribution >= 0.6 is 11.3 Å². The van der Waals surface area contributed by atoms with Gasteiger partial charge in [-0.15, -0.1) is 0 Å². The third kappa shape index (κ3) is 3.86. The SMILES string of the molecule is N#CCCN(C(=O)COC(=O)c1ccc([N+](=O)[O-])s1)C12CC3CC(CC(C3)C1)C2. The molecule has 0 N–H and O–H groups in total. The van der Waals surface area contributed by atoms with Gasteiger partial charge in [-0.25, -0.2) is 4.79 Å². The van der Waals surface area contributed by atoms with Crippen LogP contribution in [0, 0.1) is 39.2 Å². The first kappa shape index (κ1) is 19.8. The molecular weight excluding hydrogens is 394 g/mol. The molecule has 0 spiro atoms. The zero-order valence-corrected chi connectivity index (χ0v) is 16.9. The fourth-order valence-electron chi connectivity index (χ4n) is 6.00. The van der Waals surface area contributed by atoms with E-state index < -0.39 is 17.5 Å². The summed E-state index contributed by atoms with van der Waals surface area (Å²) in [6, 6.07) is 4.71. The summed E-state index contributed by atoms with van der Waals surface area (Å²) in [7, 11) is 0. The number of esters is 1. The number of carbonyl (C=O) groups excluding carboxylic acids is 2. The van der Waals surface area contributed by atoms with Gasteiger partial charge in [-0.05, 0) is 62.3 Å². The van der Waals surface area contributed by atoms with Crippen molar-refractivity contribution in [3.8, 4) is 6.07 Å². The number of amides is 1. The van der Waals surface area contributed by atoms with Crippen LogP contribution in [0.3, 0.4) is 0 Å². The average Bonchev–Trinajstić information content (AvgIpc) is 3.16. The highest BCUT2D eigenvalue weighted by Gasteiger charge is 2.54. The average molecular weight is 417 g/mol. The van der Waals surface area contributed by atoms with Gasteiger partial charge in [0.1, 0.15) is 4.88 Å². The molecule has 29 heavy (non-hydrogen) atoms. The smallest absolute Gasteiger partial charge is 0.349 e. The minimum atomic E-state index is -0.734. The highest BCUT2D eigenvalue weighted by molar-refractivity contribution is 7.17. The van der Waals surface area contributed by atoms with Crippen LogP contribution < -0.4 is 0 Å². The van der Waals surface area contributed by atoms with E-state index in [2.05, 4.69) is 6.07 Å². The van der Waals surface area contributed by atoms with Crippen molar-refractivity contribution in [3.05, 3.63) is 27.1 Å². The lowest BCUT2D eigenvalue weighted by Crippen LogP contribution is -2.62. The number of nitrogens with zero attached hydrogens (tertiary/aromatic N) is 3. The molecule has 4 aliphatic carbocycles. The predicted octanol–water partition coefficient (Wildman–Crippen LogP) is 3.52. The van der Waals surface area contributed by atoms with Crippen molar-refractivity contribution < 1.29 is 19.2 Å². The van der Waals surface area contributed by atoms with E-state index in [1.165, 1.54) is 31.4 Å². The van der Waals surface area contributed by atoms with Crippen LogP contribution in [-0.4, -0.2) is 40.4 Å². The van der Waals surface area contributed by atoms with Crippen molar-refractivity contribution in [2.75, 3.05) is 13.2 Å². The Bertz CT molecular complexity index is 838. The Kier molecular flexibility index (Phi) is 5.30. The van der Waals surface area contributed by atoms with Gasteiger partial charge >= 0.3 is 11.0 Å². The third-order valence-electron chi connectivity index (χ3n) is 6.63. The van der Waals surface area contributed by atoms with Gasteiger partial charge in [-0.2, -0.15) is 5.26 Å². The molecule has 154 valence electrons. The largest absolute Gasteiger partial charge is 0.451 e. The maximum Gasteiger partial charge on any atom is 0.349 e. The Morgan fingerprint density at radius 2 is 1.86 bits per heavy atom. The molecule has 1 heterocycles. The standard InChI is InChI=1S/C20H23N3O5S/c21-4-1-5-22(20-9-13-6-14(10-20)8-15(7-13)11-20)17(24)12-28-19(25)16-2-3-18(29-16)23(26)27/h2-3,13-15H,1,5-12H2. The Morgan fingerprint density at radius 3 is 2.38 bits per heavy atom. The predicted molar refractivity (Wildman–Crippen MR) is 104 cm³/mol. The van der Waals surface area contributed by atoms with Crippen molar-refractivity contribution in [2.24, 2.45) is 17.8 Å². The lowest BCUT2D eigenvalue weighted by molar-refractivity contribution is -0.380. The van der Waals surface area contributed by atoms with Crippen LogP contribution in [0.1, 0.15) is 54.6 Å². The van der Waals surface area contributed by atoms with Crippen molar-refractivity contribution in [1.82, 2.24) is 4.90 Å². The van der Waals surface area contributed by atoms with Crippen molar-refractivity contribution in [1.29, 1.82) is 5.26 Å². The second kappa shape index (κ2) is 7.75.